The molecule has 0 spiro atoms. The topological polar surface area (TPSA) is 57.6 Å². The van der Waals surface area contributed by atoms with E-state index in [2.05, 4.69) is 4.90 Å². The average molecular weight is 235 g/mol. The summed E-state index contributed by atoms with van der Waals surface area (Å²) in [5, 5.41) is 8.38. The third-order valence-corrected chi connectivity index (χ3v) is 2.57. The number of hydrogen-bond donors (Lipinski definition) is 1. The Hall–Kier alpha value is -1.68. The van der Waals surface area contributed by atoms with Crippen LogP contribution in [0.1, 0.15) is 23.2 Å². The first kappa shape index (κ1) is 13.4. The smallest absolute Gasteiger partial charge is 0.335 e. The number of piperidine rings is 1. The molecule has 0 saturated carbocycles. The summed E-state index contributed by atoms with van der Waals surface area (Å²) >= 11 is 0. The van der Waals surface area contributed by atoms with Crippen molar-refractivity contribution in [2.75, 3.05) is 20.1 Å². The molecule has 92 valence electrons. The number of nitrogens with zero attached hydrogens (tertiary/aromatic N) is 1. The van der Waals surface area contributed by atoms with Crippen LogP contribution in [0.25, 0.3) is 0 Å². The van der Waals surface area contributed by atoms with Crippen LogP contribution in [-0.2, 0) is 4.79 Å². The maximum absolute atomic E-state index is 10.6. The number of carbonyl (C=O) groups excluding carboxylic acids is 1. The van der Waals surface area contributed by atoms with Crippen LogP contribution in [0.4, 0.5) is 0 Å². The van der Waals surface area contributed by atoms with Gasteiger partial charge in [-0.1, -0.05) is 18.2 Å². The van der Waals surface area contributed by atoms with Crippen molar-refractivity contribution >= 4 is 11.8 Å². The Kier molecular flexibility index (Phi) is 5.36. The van der Waals surface area contributed by atoms with Gasteiger partial charge in [0.2, 0.25) is 0 Å². The molecule has 1 fully saturated rings. The van der Waals surface area contributed by atoms with E-state index in [4.69, 9.17) is 5.11 Å². The van der Waals surface area contributed by atoms with E-state index in [1.54, 1.807) is 30.3 Å². The van der Waals surface area contributed by atoms with Crippen LogP contribution in [-0.4, -0.2) is 41.9 Å². The van der Waals surface area contributed by atoms with Crippen molar-refractivity contribution in [2.24, 2.45) is 0 Å². The SMILES string of the molecule is CN1CCC(=O)CC1.O=C(O)c1ccccc1. The number of carboxylic acids is 1. The summed E-state index contributed by atoms with van der Waals surface area (Å²) in [6, 6.07) is 8.30. The fraction of sp³-hybridized carbons (Fsp3) is 0.385. The van der Waals surface area contributed by atoms with Crippen molar-refractivity contribution in [2.45, 2.75) is 12.8 Å². The normalized spacial score (nSPS) is 15.9. The molecule has 0 radical (unpaired) electrons. The second kappa shape index (κ2) is 6.81. The van der Waals surface area contributed by atoms with Gasteiger partial charge < -0.3 is 10.0 Å². The Labute approximate surface area is 101 Å². The molecule has 2 rings (SSSR count). The molecule has 1 aliphatic heterocycles. The van der Waals surface area contributed by atoms with E-state index in [-0.39, 0.29) is 0 Å². The van der Waals surface area contributed by atoms with Crippen LogP contribution in [0.5, 0.6) is 0 Å². The number of benzene rings is 1. The predicted molar refractivity (Wildman–Crippen MR) is 65.1 cm³/mol. The Balaban J connectivity index is 0.000000171. The molecular weight excluding hydrogens is 218 g/mol. The van der Waals surface area contributed by atoms with Gasteiger partial charge in [-0.2, -0.15) is 0 Å². The molecule has 4 heteroatoms. The number of likely N-dealkylation sites (tertiary alicyclic amines) is 1. The van der Waals surface area contributed by atoms with Gasteiger partial charge in [0.1, 0.15) is 5.78 Å². The van der Waals surface area contributed by atoms with Gasteiger partial charge in [-0.25, -0.2) is 4.79 Å². The van der Waals surface area contributed by atoms with E-state index in [9.17, 15) is 9.59 Å². The van der Waals surface area contributed by atoms with Gasteiger partial charge in [0, 0.05) is 25.9 Å². The fourth-order valence-electron chi connectivity index (χ4n) is 1.45. The highest BCUT2D eigenvalue weighted by Crippen LogP contribution is 2.01. The van der Waals surface area contributed by atoms with E-state index in [1.165, 1.54) is 0 Å². The van der Waals surface area contributed by atoms with Crippen LogP contribution in [0.3, 0.4) is 0 Å². The third-order valence-electron chi connectivity index (χ3n) is 2.57. The zero-order chi connectivity index (χ0) is 12.7. The molecule has 0 unspecified atom stereocenters. The van der Waals surface area contributed by atoms with Crippen LogP contribution >= 0.6 is 0 Å². The van der Waals surface area contributed by atoms with E-state index in [1.807, 2.05) is 7.05 Å². The Morgan fingerprint density at radius 1 is 1.18 bits per heavy atom. The largest absolute Gasteiger partial charge is 0.478 e. The first-order chi connectivity index (χ1) is 8.09. The summed E-state index contributed by atoms with van der Waals surface area (Å²) in [4.78, 5) is 23.0. The standard InChI is InChI=1S/C7H6O2.C6H11NO/c8-7(9)6-4-2-1-3-5-6;1-7-4-2-6(8)3-5-7/h1-5H,(H,8,9);2-5H2,1H3. The quantitative estimate of drug-likeness (QED) is 0.804. The molecule has 0 atom stereocenters. The molecule has 1 N–H and O–H groups in total. The number of carbonyl (C=O) groups is 2. The molecule has 1 aliphatic rings. The van der Waals surface area contributed by atoms with E-state index >= 15 is 0 Å². The molecule has 0 amide bonds. The zero-order valence-electron chi connectivity index (χ0n) is 9.93. The van der Waals surface area contributed by atoms with Crippen molar-refractivity contribution in [1.29, 1.82) is 0 Å². The van der Waals surface area contributed by atoms with Gasteiger partial charge in [0.25, 0.3) is 0 Å². The van der Waals surface area contributed by atoms with Gasteiger partial charge in [0.05, 0.1) is 5.56 Å². The molecule has 1 saturated heterocycles. The lowest BCUT2D eigenvalue weighted by Crippen LogP contribution is -2.29. The summed E-state index contributed by atoms with van der Waals surface area (Å²) in [6.07, 6.45) is 1.52. The lowest BCUT2D eigenvalue weighted by molar-refractivity contribution is -0.121. The van der Waals surface area contributed by atoms with Crippen LogP contribution in [0.2, 0.25) is 0 Å². The van der Waals surface area contributed by atoms with Gasteiger partial charge in [-0.15, -0.1) is 0 Å². The zero-order valence-corrected chi connectivity index (χ0v) is 9.93. The average Bonchev–Trinajstić information content (AvgIpc) is 2.35. The maximum atomic E-state index is 10.6. The Morgan fingerprint density at radius 3 is 2.06 bits per heavy atom. The van der Waals surface area contributed by atoms with Gasteiger partial charge in [0.15, 0.2) is 0 Å². The molecule has 1 aromatic rings. The number of ketones is 1. The van der Waals surface area contributed by atoms with Crippen molar-refractivity contribution in [3.8, 4) is 0 Å². The van der Waals surface area contributed by atoms with Gasteiger partial charge in [-0.3, -0.25) is 4.79 Å². The minimum Gasteiger partial charge on any atom is -0.478 e. The minimum atomic E-state index is -0.879. The highest BCUT2D eigenvalue weighted by Gasteiger charge is 2.10. The molecule has 4 nitrogen and oxygen atoms in total. The second-order valence-corrected chi connectivity index (χ2v) is 4.01. The van der Waals surface area contributed by atoms with Crippen molar-refractivity contribution in [1.82, 2.24) is 4.90 Å². The molecule has 1 aromatic carbocycles. The molecular formula is C13H17NO3. The van der Waals surface area contributed by atoms with Crippen LogP contribution < -0.4 is 0 Å². The summed E-state index contributed by atoms with van der Waals surface area (Å²) in [7, 11) is 2.05. The number of aromatic carboxylic acids is 1. The number of carboxylic acid groups (broad SMARTS) is 1. The monoisotopic (exact) mass is 235 g/mol. The van der Waals surface area contributed by atoms with E-state index in [0.717, 1.165) is 25.9 Å². The Morgan fingerprint density at radius 2 is 1.71 bits per heavy atom. The van der Waals surface area contributed by atoms with Crippen molar-refractivity contribution < 1.29 is 14.7 Å². The Bertz CT molecular complexity index is 366. The lowest BCUT2D eigenvalue weighted by atomic mass is 10.1. The molecule has 0 bridgehead atoms. The van der Waals surface area contributed by atoms with Crippen LogP contribution in [0, 0.1) is 0 Å². The summed E-state index contributed by atoms with van der Waals surface area (Å²) in [5.41, 5.74) is 0.331. The number of rotatable bonds is 1. The number of Topliss-reactive ketones (excluding diaryl/α,β-unsaturated/α-hetero) is 1. The molecule has 1 heterocycles. The van der Waals surface area contributed by atoms with Gasteiger partial charge >= 0.3 is 5.97 Å². The highest BCUT2D eigenvalue weighted by atomic mass is 16.4. The summed E-state index contributed by atoms with van der Waals surface area (Å²) in [5.74, 6) is -0.460. The predicted octanol–water partition coefficient (Wildman–Crippen LogP) is 1.67. The third kappa shape index (κ3) is 5.26. The maximum Gasteiger partial charge on any atom is 0.335 e. The molecule has 0 aliphatic carbocycles. The summed E-state index contributed by atoms with van der Waals surface area (Å²) < 4.78 is 0. The van der Waals surface area contributed by atoms with E-state index in [0.29, 0.717) is 11.3 Å². The minimum absolute atomic E-state index is 0.331. The lowest BCUT2D eigenvalue weighted by Gasteiger charge is -2.19. The van der Waals surface area contributed by atoms with Crippen LogP contribution in [0.15, 0.2) is 30.3 Å². The van der Waals surface area contributed by atoms with Crippen molar-refractivity contribution in [3.05, 3.63) is 35.9 Å². The van der Waals surface area contributed by atoms with Gasteiger partial charge in [-0.05, 0) is 19.2 Å². The first-order valence-corrected chi connectivity index (χ1v) is 5.58. The van der Waals surface area contributed by atoms with Crippen molar-refractivity contribution in [3.63, 3.8) is 0 Å². The van der Waals surface area contributed by atoms with E-state index < -0.39 is 5.97 Å². The highest BCUT2D eigenvalue weighted by molar-refractivity contribution is 5.87. The number of hydrogen-bond acceptors (Lipinski definition) is 3. The molecule has 0 aromatic heterocycles. The molecule has 17 heavy (non-hydrogen) atoms. The second-order valence-electron chi connectivity index (χ2n) is 4.01. The summed E-state index contributed by atoms with van der Waals surface area (Å²) in [6.45, 7) is 1.91. The fourth-order valence-corrected chi connectivity index (χ4v) is 1.45. The first-order valence-electron chi connectivity index (χ1n) is 5.58.